The minimum atomic E-state index is 0.438. The number of hydrogen-bond acceptors (Lipinski definition) is 3. The van der Waals surface area contributed by atoms with Crippen LogP contribution in [0.5, 0.6) is 5.75 Å². The lowest BCUT2D eigenvalue weighted by Crippen LogP contribution is -2.23. The zero-order chi connectivity index (χ0) is 17.4. The van der Waals surface area contributed by atoms with E-state index in [4.69, 9.17) is 17.0 Å². The van der Waals surface area contributed by atoms with E-state index in [0.717, 1.165) is 21.5 Å². The number of hydrazone groups is 1. The topological polar surface area (TPSA) is 45.6 Å². The van der Waals surface area contributed by atoms with Crippen molar-refractivity contribution in [2.45, 2.75) is 13.8 Å². The van der Waals surface area contributed by atoms with Gasteiger partial charge in [-0.1, -0.05) is 32.0 Å². The highest BCUT2D eigenvalue weighted by Crippen LogP contribution is 2.25. The summed E-state index contributed by atoms with van der Waals surface area (Å²) in [6.45, 7) is 4.92. The second-order valence-electron chi connectivity index (χ2n) is 5.58. The molecule has 0 amide bonds. The number of anilines is 1. The fourth-order valence-corrected chi connectivity index (χ4v) is 2.50. The molecule has 0 bridgehead atoms. The van der Waals surface area contributed by atoms with Gasteiger partial charge in [0.25, 0.3) is 0 Å². The van der Waals surface area contributed by atoms with Gasteiger partial charge in [0.1, 0.15) is 5.75 Å². The molecule has 4 nitrogen and oxygen atoms in total. The van der Waals surface area contributed by atoms with E-state index in [9.17, 15) is 0 Å². The third-order valence-corrected chi connectivity index (χ3v) is 3.75. The van der Waals surface area contributed by atoms with Gasteiger partial charge in [-0.15, -0.1) is 0 Å². The molecule has 0 spiro atoms. The number of nitrogens with one attached hydrogen (secondary N) is 2. The molecule has 0 aliphatic rings. The summed E-state index contributed by atoms with van der Waals surface area (Å²) in [5.41, 5.74) is 4.65. The van der Waals surface area contributed by atoms with Crippen LogP contribution >= 0.6 is 28.1 Å². The van der Waals surface area contributed by atoms with Crippen LogP contribution in [-0.2, 0) is 0 Å². The first-order valence-corrected chi connectivity index (χ1v) is 8.82. The standard InChI is InChI=1S/C18H20BrN3OS/c1-13(2)12-23-17-9-8-14(10-16(17)19)11-20-22-18(24)21-15-6-4-3-5-7-15/h3-11,13H,12H2,1-2H3,(H2,21,22,24)/b20-11-. The van der Waals surface area contributed by atoms with Gasteiger partial charge in [0, 0.05) is 5.69 Å². The minimum absolute atomic E-state index is 0.438. The molecule has 24 heavy (non-hydrogen) atoms. The van der Waals surface area contributed by atoms with E-state index in [0.29, 0.717) is 17.6 Å². The number of hydrogen-bond donors (Lipinski definition) is 2. The van der Waals surface area contributed by atoms with Gasteiger partial charge in [-0.25, -0.2) is 0 Å². The van der Waals surface area contributed by atoms with Crippen molar-refractivity contribution < 1.29 is 4.74 Å². The molecule has 0 fully saturated rings. The number of rotatable bonds is 6. The van der Waals surface area contributed by atoms with Crippen LogP contribution in [0.1, 0.15) is 19.4 Å². The van der Waals surface area contributed by atoms with Crippen molar-refractivity contribution in [1.29, 1.82) is 0 Å². The average molecular weight is 406 g/mol. The van der Waals surface area contributed by atoms with Crippen molar-refractivity contribution in [1.82, 2.24) is 5.43 Å². The van der Waals surface area contributed by atoms with E-state index < -0.39 is 0 Å². The van der Waals surface area contributed by atoms with Crippen LogP contribution < -0.4 is 15.5 Å². The molecule has 2 aromatic carbocycles. The fourth-order valence-electron chi connectivity index (χ4n) is 1.82. The summed E-state index contributed by atoms with van der Waals surface area (Å²) in [6, 6.07) is 15.5. The molecule has 2 aromatic rings. The molecule has 0 saturated carbocycles. The molecule has 6 heteroatoms. The molecule has 0 saturated heterocycles. The molecule has 2 rings (SSSR count). The van der Waals surface area contributed by atoms with Crippen LogP contribution in [-0.4, -0.2) is 17.9 Å². The lowest BCUT2D eigenvalue weighted by molar-refractivity contribution is 0.269. The summed E-state index contributed by atoms with van der Waals surface area (Å²) >= 11 is 8.71. The summed E-state index contributed by atoms with van der Waals surface area (Å²) in [4.78, 5) is 0. The van der Waals surface area contributed by atoms with E-state index in [1.54, 1.807) is 6.21 Å². The molecular formula is C18H20BrN3OS. The van der Waals surface area contributed by atoms with Crippen LogP contribution in [0.25, 0.3) is 0 Å². The maximum Gasteiger partial charge on any atom is 0.191 e. The van der Waals surface area contributed by atoms with Gasteiger partial charge in [0.05, 0.1) is 17.3 Å². The Bertz CT molecular complexity index is 705. The maximum atomic E-state index is 5.72. The second-order valence-corrected chi connectivity index (χ2v) is 6.85. The first-order valence-electron chi connectivity index (χ1n) is 7.62. The average Bonchev–Trinajstić information content (AvgIpc) is 2.55. The molecule has 126 valence electrons. The Morgan fingerprint density at radius 3 is 2.67 bits per heavy atom. The SMILES string of the molecule is CC(C)COc1ccc(/C=N\NC(=S)Nc2ccccc2)cc1Br. The monoisotopic (exact) mass is 405 g/mol. The van der Waals surface area contributed by atoms with Crippen molar-refractivity contribution in [2.24, 2.45) is 11.0 Å². The Morgan fingerprint density at radius 1 is 1.25 bits per heavy atom. The van der Waals surface area contributed by atoms with E-state index in [2.05, 4.69) is 45.6 Å². The quantitative estimate of drug-likeness (QED) is 0.411. The summed E-state index contributed by atoms with van der Waals surface area (Å²) in [6.07, 6.45) is 1.70. The molecule has 0 aliphatic carbocycles. The fraction of sp³-hybridized carbons (Fsp3) is 0.222. The van der Waals surface area contributed by atoms with Gasteiger partial charge in [-0.2, -0.15) is 5.10 Å². The van der Waals surface area contributed by atoms with Crippen LogP contribution in [0.4, 0.5) is 5.69 Å². The smallest absolute Gasteiger partial charge is 0.191 e. The highest BCUT2D eigenvalue weighted by atomic mass is 79.9. The second kappa shape index (κ2) is 9.39. The maximum absolute atomic E-state index is 5.72. The Morgan fingerprint density at radius 2 is 2.00 bits per heavy atom. The molecule has 0 aliphatic heterocycles. The molecule has 0 radical (unpaired) electrons. The molecular weight excluding hydrogens is 386 g/mol. The van der Waals surface area contributed by atoms with Gasteiger partial charge < -0.3 is 10.1 Å². The summed E-state index contributed by atoms with van der Waals surface area (Å²) < 4.78 is 6.62. The van der Waals surface area contributed by atoms with E-state index in [1.807, 2.05) is 48.5 Å². The van der Waals surface area contributed by atoms with Crippen molar-refractivity contribution in [3.63, 3.8) is 0 Å². The van der Waals surface area contributed by atoms with Gasteiger partial charge in [-0.05, 0) is 70.0 Å². The Hall–Kier alpha value is -1.92. The zero-order valence-electron chi connectivity index (χ0n) is 13.6. The third kappa shape index (κ3) is 6.29. The Kier molecular flexibility index (Phi) is 7.21. The molecule has 0 unspecified atom stereocenters. The summed E-state index contributed by atoms with van der Waals surface area (Å²) in [5.74, 6) is 1.32. The van der Waals surface area contributed by atoms with Crippen molar-refractivity contribution >= 4 is 45.2 Å². The number of benzene rings is 2. The zero-order valence-corrected chi connectivity index (χ0v) is 16.0. The largest absolute Gasteiger partial charge is 0.492 e. The van der Waals surface area contributed by atoms with Gasteiger partial charge in [0.15, 0.2) is 5.11 Å². The predicted octanol–water partition coefficient (Wildman–Crippen LogP) is 4.80. The number of ether oxygens (including phenoxy) is 1. The number of para-hydroxylation sites is 1. The van der Waals surface area contributed by atoms with Crippen molar-refractivity contribution in [3.8, 4) is 5.75 Å². The Labute approximate surface area is 156 Å². The summed E-state index contributed by atoms with van der Waals surface area (Å²) in [5, 5.41) is 7.63. The number of nitrogens with zero attached hydrogens (tertiary/aromatic N) is 1. The normalized spacial score (nSPS) is 10.8. The van der Waals surface area contributed by atoms with Crippen LogP contribution in [0.15, 0.2) is 58.1 Å². The molecule has 0 heterocycles. The molecule has 2 N–H and O–H groups in total. The van der Waals surface area contributed by atoms with Gasteiger partial charge >= 0.3 is 0 Å². The highest BCUT2D eigenvalue weighted by Gasteiger charge is 2.03. The molecule has 0 atom stereocenters. The van der Waals surface area contributed by atoms with Crippen LogP contribution in [0, 0.1) is 5.92 Å². The van der Waals surface area contributed by atoms with Gasteiger partial charge in [0.2, 0.25) is 0 Å². The van der Waals surface area contributed by atoms with Crippen LogP contribution in [0.3, 0.4) is 0 Å². The third-order valence-electron chi connectivity index (χ3n) is 2.94. The molecule has 0 aromatic heterocycles. The minimum Gasteiger partial charge on any atom is -0.492 e. The lowest BCUT2D eigenvalue weighted by Gasteiger charge is -2.10. The van der Waals surface area contributed by atoms with E-state index in [-0.39, 0.29) is 0 Å². The van der Waals surface area contributed by atoms with Crippen LogP contribution in [0.2, 0.25) is 0 Å². The first-order chi connectivity index (χ1) is 11.5. The lowest BCUT2D eigenvalue weighted by atomic mass is 10.2. The van der Waals surface area contributed by atoms with E-state index in [1.165, 1.54) is 0 Å². The number of halogens is 1. The highest BCUT2D eigenvalue weighted by molar-refractivity contribution is 9.10. The summed E-state index contributed by atoms with van der Waals surface area (Å²) in [7, 11) is 0. The van der Waals surface area contributed by atoms with Crippen molar-refractivity contribution in [3.05, 3.63) is 58.6 Å². The predicted molar refractivity (Wildman–Crippen MR) is 108 cm³/mol. The Balaban J connectivity index is 1.87. The number of thiocarbonyl (C=S) groups is 1. The first kappa shape index (κ1) is 18.4. The van der Waals surface area contributed by atoms with E-state index >= 15 is 0 Å². The van der Waals surface area contributed by atoms with Gasteiger partial charge in [-0.3, -0.25) is 5.43 Å². The van der Waals surface area contributed by atoms with Crippen molar-refractivity contribution in [2.75, 3.05) is 11.9 Å².